The number of hydrogen-bond donors (Lipinski definition) is 1. The normalized spacial score (nSPS) is 11.7. The number of benzene rings is 3. The van der Waals surface area contributed by atoms with Crippen LogP contribution in [0.15, 0.2) is 48.5 Å². The van der Waals surface area contributed by atoms with Crippen molar-refractivity contribution in [3.05, 3.63) is 82.0 Å². The van der Waals surface area contributed by atoms with Crippen molar-refractivity contribution in [3.63, 3.8) is 0 Å². The molecule has 5 rings (SSSR count). The van der Waals surface area contributed by atoms with E-state index in [1.807, 2.05) is 69.6 Å². The molecular weight excluding hydrogens is 699 g/mol. The molecule has 0 radical (unpaired) electrons. The molecule has 0 aliphatic heterocycles. The Hall–Kier alpha value is -4.61. The Bertz CT molecular complexity index is 2100. The van der Waals surface area contributed by atoms with Crippen LogP contribution in [0.4, 0.5) is 9.18 Å². The van der Waals surface area contributed by atoms with Crippen molar-refractivity contribution in [3.8, 4) is 16.9 Å². The fraction of sp³-hybridized carbons (Fsp3) is 0.439. The summed E-state index contributed by atoms with van der Waals surface area (Å²) in [6.45, 7) is 10.4. The van der Waals surface area contributed by atoms with Crippen molar-refractivity contribution in [2.45, 2.75) is 85.5 Å². The largest absolute Gasteiger partial charge is 0.493 e. The van der Waals surface area contributed by atoms with Crippen LogP contribution in [0.5, 0.6) is 5.75 Å². The molecule has 0 saturated carbocycles. The number of aromatic nitrogens is 3. The van der Waals surface area contributed by atoms with Crippen LogP contribution in [0, 0.1) is 5.82 Å². The molecule has 0 aliphatic rings. The highest BCUT2D eigenvalue weighted by atomic mass is 35.5. The SMILES string of the molecule is CCOC(=O)c1c(CCCOc2cccc3cc(F)ccc23)c2ccc(Cl)c(-c3c(CO)nn(C)c3CC)c2n1CCCCN(C)C(=O)OC(C)(C)C. The maximum Gasteiger partial charge on any atom is 0.410 e. The second kappa shape index (κ2) is 17.0. The molecule has 2 aromatic heterocycles. The van der Waals surface area contributed by atoms with Crippen LogP contribution >= 0.6 is 11.6 Å². The number of nitrogens with zero attached hydrogens (tertiary/aromatic N) is 4. The van der Waals surface area contributed by atoms with Crippen molar-refractivity contribution in [2.75, 3.05) is 26.8 Å². The number of rotatable bonds is 15. The van der Waals surface area contributed by atoms with Crippen LogP contribution in [0.25, 0.3) is 32.8 Å². The summed E-state index contributed by atoms with van der Waals surface area (Å²) in [4.78, 5) is 28.2. The van der Waals surface area contributed by atoms with Crippen molar-refractivity contribution in [1.29, 1.82) is 0 Å². The van der Waals surface area contributed by atoms with E-state index in [4.69, 9.17) is 25.8 Å². The van der Waals surface area contributed by atoms with Gasteiger partial charge in [-0.05, 0) is 101 Å². The van der Waals surface area contributed by atoms with Gasteiger partial charge in [0, 0.05) is 54.8 Å². The van der Waals surface area contributed by atoms with Crippen LogP contribution < -0.4 is 4.74 Å². The van der Waals surface area contributed by atoms with Gasteiger partial charge >= 0.3 is 12.1 Å². The number of halogens is 2. The standard InChI is InChI=1S/C41H50ClFN4O6/c1-8-33-36(32(25-48)44-46(33)7)35-31(42)20-19-30-29(15-13-23-52-34-16-12-14-26-24-27(43)17-18-28(26)34)38(39(49)51-9-2)47(37(30)35)22-11-10-21-45(6)40(50)53-41(3,4)5/h12,14,16-20,24,48H,8-11,13,15,21-23,25H2,1-7H3. The summed E-state index contributed by atoms with van der Waals surface area (Å²) in [7, 11) is 3.56. The monoisotopic (exact) mass is 748 g/mol. The number of aliphatic hydroxyl groups excluding tert-OH is 1. The van der Waals surface area contributed by atoms with Gasteiger partial charge < -0.3 is 28.8 Å². The van der Waals surface area contributed by atoms with Crippen LogP contribution in [0.3, 0.4) is 0 Å². The van der Waals surface area contributed by atoms with Gasteiger partial charge in [-0.3, -0.25) is 4.68 Å². The molecular formula is C41H50ClFN4O6. The second-order valence-corrected chi connectivity index (χ2v) is 14.5. The molecule has 1 N–H and O–H groups in total. The van der Waals surface area contributed by atoms with Crippen LogP contribution in [0.1, 0.15) is 81.3 Å². The summed E-state index contributed by atoms with van der Waals surface area (Å²) < 4.78 is 35.1. The summed E-state index contributed by atoms with van der Waals surface area (Å²) in [5, 5.41) is 17.9. The number of unbranched alkanes of at least 4 members (excludes halogenated alkanes) is 1. The first-order valence-electron chi connectivity index (χ1n) is 18.2. The number of ether oxygens (including phenoxy) is 3. The van der Waals surface area contributed by atoms with E-state index in [1.165, 1.54) is 12.1 Å². The lowest BCUT2D eigenvalue weighted by Crippen LogP contribution is -2.34. The lowest BCUT2D eigenvalue weighted by atomic mass is 9.97. The predicted molar refractivity (Wildman–Crippen MR) is 206 cm³/mol. The summed E-state index contributed by atoms with van der Waals surface area (Å²) in [6, 6.07) is 13.9. The van der Waals surface area contributed by atoms with Crippen LogP contribution in [-0.4, -0.2) is 68.8 Å². The smallest absolute Gasteiger partial charge is 0.410 e. The molecule has 0 aliphatic carbocycles. The van der Waals surface area contributed by atoms with E-state index in [0.717, 1.165) is 38.5 Å². The Labute approximate surface area is 315 Å². The van der Waals surface area contributed by atoms with Crippen LogP contribution in [0.2, 0.25) is 5.02 Å². The molecule has 2 heterocycles. The number of carbonyl (C=O) groups excluding carboxylic acids is 2. The van der Waals surface area contributed by atoms with Gasteiger partial charge in [0.05, 0.1) is 36.1 Å². The van der Waals surface area contributed by atoms with E-state index in [2.05, 4.69) is 5.10 Å². The van der Waals surface area contributed by atoms with Gasteiger partial charge in [0.1, 0.15) is 22.9 Å². The quantitative estimate of drug-likeness (QED) is 0.0842. The Balaban J connectivity index is 1.56. The van der Waals surface area contributed by atoms with Crippen molar-refractivity contribution in [2.24, 2.45) is 7.05 Å². The minimum absolute atomic E-state index is 0.191. The summed E-state index contributed by atoms with van der Waals surface area (Å²) in [5.74, 6) is -0.107. The maximum absolute atomic E-state index is 14.0. The molecule has 0 fully saturated rings. The molecule has 0 spiro atoms. The Kier molecular flexibility index (Phi) is 12.7. The van der Waals surface area contributed by atoms with E-state index >= 15 is 0 Å². The number of amides is 1. The van der Waals surface area contributed by atoms with Crippen LogP contribution in [-0.2, 0) is 42.5 Å². The zero-order chi connectivity index (χ0) is 38.4. The van der Waals surface area contributed by atoms with Gasteiger partial charge in [0.15, 0.2) is 0 Å². The Morgan fingerprint density at radius 1 is 1.02 bits per heavy atom. The molecule has 3 aromatic carbocycles. The van der Waals surface area contributed by atoms with E-state index in [1.54, 1.807) is 29.6 Å². The third-order valence-electron chi connectivity index (χ3n) is 9.18. The summed E-state index contributed by atoms with van der Waals surface area (Å²) >= 11 is 7.07. The van der Waals surface area contributed by atoms with Gasteiger partial charge in [0.25, 0.3) is 0 Å². The highest BCUT2D eigenvalue weighted by Crippen LogP contribution is 2.43. The molecule has 10 nitrogen and oxygen atoms in total. The lowest BCUT2D eigenvalue weighted by molar-refractivity contribution is 0.0295. The molecule has 1 amide bonds. The molecule has 284 valence electrons. The van der Waals surface area contributed by atoms with Crippen molar-refractivity contribution >= 4 is 45.3 Å². The molecule has 0 bridgehead atoms. The average molecular weight is 749 g/mol. The van der Waals surface area contributed by atoms with Gasteiger partial charge in [-0.2, -0.15) is 5.10 Å². The number of hydrogen-bond acceptors (Lipinski definition) is 7. The fourth-order valence-corrected chi connectivity index (χ4v) is 7.14. The zero-order valence-electron chi connectivity index (χ0n) is 31.7. The summed E-state index contributed by atoms with van der Waals surface area (Å²) in [5.41, 5.74) is 4.22. The van der Waals surface area contributed by atoms with E-state index in [9.17, 15) is 19.1 Å². The third kappa shape index (κ3) is 8.79. The molecule has 53 heavy (non-hydrogen) atoms. The van der Waals surface area contributed by atoms with Crippen molar-refractivity contribution in [1.82, 2.24) is 19.2 Å². The van der Waals surface area contributed by atoms with Crippen molar-refractivity contribution < 1.29 is 33.3 Å². The molecule has 0 atom stereocenters. The van der Waals surface area contributed by atoms with Gasteiger partial charge in [-0.25, -0.2) is 14.0 Å². The maximum atomic E-state index is 14.0. The zero-order valence-corrected chi connectivity index (χ0v) is 32.5. The number of aryl methyl sites for hydroxylation is 3. The van der Waals surface area contributed by atoms with Gasteiger partial charge in [-0.1, -0.05) is 36.7 Å². The lowest BCUT2D eigenvalue weighted by Gasteiger charge is -2.24. The molecule has 0 unspecified atom stereocenters. The van der Waals surface area contributed by atoms with Gasteiger partial charge in [-0.15, -0.1) is 0 Å². The molecule has 12 heteroatoms. The Morgan fingerprint density at radius 2 is 1.77 bits per heavy atom. The minimum Gasteiger partial charge on any atom is -0.493 e. The van der Waals surface area contributed by atoms with Gasteiger partial charge in [0.2, 0.25) is 0 Å². The number of aliphatic hydroxyl groups is 1. The number of carbonyl (C=O) groups is 2. The number of esters is 1. The predicted octanol–water partition coefficient (Wildman–Crippen LogP) is 8.88. The summed E-state index contributed by atoms with van der Waals surface area (Å²) in [6.07, 6.45) is 2.56. The first-order valence-corrected chi connectivity index (χ1v) is 18.6. The molecule has 0 saturated heterocycles. The fourth-order valence-electron chi connectivity index (χ4n) is 6.90. The van der Waals surface area contributed by atoms with E-state index in [-0.39, 0.29) is 19.0 Å². The minimum atomic E-state index is -0.605. The number of fused-ring (bicyclic) bond motifs is 2. The highest BCUT2D eigenvalue weighted by molar-refractivity contribution is 6.35. The highest BCUT2D eigenvalue weighted by Gasteiger charge is 2.29. The van der Waals surface area contributed by atoms with E-state index < -0.39 is 17.7 Å². The molecule has 5 aromatic rings. The Morgan fingerprint density at radius 3 is 2.47 bits per heavy atom. The first-order chi connectivity index (χ1) is 25.3. The average Bonchev–Trinajstić information content (AvgIpc) is 3.60. The third-order valence-corrected chi connectivity index (χ3v) is 9.50. The van der Waals surface area contributed by atoms with E-state index in [0.29, 0.717) is 79.5 Å². The topological polar surface area (TPSA) is 108 Å². The first kappa shape index (κ1) is 39.6. The second-order valence-electron chi connectivity index (χ2n) is 14.1.